The van der Waals surface area contributed by atoms with E-state index in [4.69, 9.17) is 5.11 Å². The van der Waals surface area contributed by atoms with Gasteiger partial charge >= 0.3 is 5.97 Å². The Kier molecular flexibility index (Phi) is 2.58. The van der Waals surface area contributed by atoms with E-state index in [1.165, 1.54) is 49.6 Å². The van der Waals surface area contributed by atoms with Crippen LogP contribution in [-0.2, 0) is 0 Å². The minimum Gasteiger partial charge on any atom is -0.476 e. The van der Waals surface area contributed by atoms with Crippen molar-refractivity contribution in [3.05, 3.63) is 16.9 Å². The second kappa shape index (κ2) is 4.10. The number of carboxylic acid groups (broad SMARTS) is 1. The van der Waals surface area contributed by atoms with Crippen molar-refractivity contribution in [3.63, 3.8) is 0 Å². The van der Waals surface area contributed by atoms with E-state index in [1.54, 1.807) is 4.52 Å². The first kappa shape index (κ1) is 10.7. The van der Waals surface area contributed by atoms with E-state index in [9.17, 15) is 4.79 Å². The Morgan fingerprint density at radius 2 is 2.18 bits per heavy atom. The van der Waals surface area contributed by atoms with Gasteiger partial charge in [-0.2, -0.15) is 5.10 Å². The summed E-state index contributed by atoms with van der Waals surface area (Å²) in [5, 5.41) is 14.4. The molecule has 1 saturated carbocycles. The summed E-state index contributed by atoms with van der Waals surface area (Å²) in [5.74, 6) is -0.453. The third-order valence-electron chi connectivity index (χ3n) is 3.23. The molecule has 1 aliphatic rings. The molecule has 0 spiro atoms. The molecule has 0 saturated heterocycles. The Morgan fingerprint density at radius 1 is 1.41 bits per heavy atom. The van der Waals surface area contributed by atoms with Gasteiger partial charge < -0.3 is 5.11 Å². The van der Waals surface area contributed by atoms with Crippen molar-refractivity contribution in [2.45, 2.75) is 38.0 Å². The van der Waals surface area contributed by atoms with E-state index in [2.05, 4.69) is 10.1 Å². The van der Waals surface area contributed by atoms with Crippen LogP contribution in [-0.4, -0.2) is 25.7 Å². The van der Waals surface area contributed by atoms with Crippen LogP contribution in [0, 0.1) is 0 Å². The smallest absolute Gasteiger partial charge is 0.356 e. The molecule has 2 aromatic heterocycles. The lowest BCUT2D eigenvalue weighted by molar-refractivity contribution is 0.0691. The SMILES string of the molecule is O=C(O)c1cn2nc(C3CCCCC3)sc2n1. The molecule has 5 nitrogen and oxygen atoms in total. The normalized spacial score (nSPS) is 17.6. The molecule has 0 amide bonds. The van der Waals surface area contributed by atoms with E-state index in [1.807, 2.05) is 0 Å². The summed E-state index contributed by atoms with van der Waals surface area (Å²) >= 11 is 1.52. The van der Waals surface area contributed by atoms with E-state index in [0.29, 0.717) is 10.9 Å². The van der Waals surface area contributed by atoms with Gasteiger partial charge in [-0.1, -0.05) is 30.6 Å². The predicted octanol–water partition coefficient (Wildman–Crippen LogP) is 2.54. The number of aromatic nitrogens is 3. The van der Waals surface area contributed by atoms with Gasteiger partial charge in [0.2, 0.25) is 4.96 Å². The van der Waals surface area contributed by atoms with Crippen LogP contribution < -0.4 is 0 Å². The fraction of sp³-hybridized carbons (Fsp3) is 0.545. The van der Waals surface area contributed by atoms with E-state index in [0.717, 1.165) is 5.01 Å². The molecule has 2 heterocycles. The van der Waals surface area contributed by atoms with Gasteiger partial charge in [0.05, 0.1) is 6.20 Å². The minimum absolute atomic E-state index is 0.0685. The Labute approximate surface area is 102 Å². The molecular formula is C11H13N3O2S. The highest BCUT2D eigenvalue weighted by molar-refractivity contribution is 7.16. The van der Waals surface area contributed by atoms with Crippen LogP contribution in [0.15, 0.2) is 6.20 Å². The zero-order valence-electron chi connectivity index (χ0n) is 9.30. The zero-order chi connectivity index (χ0) is 11.8. The quantitative estimate of drug-likeness (QED) is 0.890. The lowest BCUT2D eigenvalue weighted by Crippen LogP contribution is -2.04. The first-order valence-corrected chi connectivity index (χ1v) is 6.65. The molecule has 1 fully saturated rings. The van der Waals surface area contributed by atoms with Gasteiger partial charge in [-0.15, -0.1) is 0 Å². The van der Waals surface area contributed by atoms with Gasteiger partial charge in [0.25, 0.3) is 0 Å². The van der Waals surface area contributed by atoms with Crippen molar-refractivity contribution in [2.24, 2.45) is 0 Å². The largest absolute Gasteiger partial charge is 0.476 e. The highest BCUT2D eigenvalue weighted by Gasteiger charge is 2.21. The highest BCUT2D eigenvalue weighted by atomic mass is 32.1. The topological polar surface area (TPSA) is 67.5 Å². The lowest BCUT2D eigenvalue weighted by Gasteiger charge is -2.18. The maximum absolute atomic E-state index is 10.8. The second-order valence-electron chi connectivity index (χ2n) is 4.43. The Morgan fingerprint density at radius 3 is 2.82 bits per heavy atom. The van der Waals surface area contributed by atoms with Gasteiger partial charge in [-0.25, -0.2) is 14.3 Å². The average Bonchev–Trinajstić information content (AvgIpc) is 2.87. The van der Waals surface area contributed by atoms with Crippen LogP contribution in [0.1, 0.15) is 53.5 Å². The molecule has 90 valence electrons. The van der Waals surface area contributed by atoms with Crippen LogP contribution >= 0.6 is 11.3 Å². The number of aromatic carboxylic acids is 1. The van der Waals surface area contributed by atoms with Crippen LogP contribution in [0.25, 0.3) is 4.96 Å². The van der Waals surface area contributed by atoms with Crippen molar-refractivity contribution >= 4 is 22.3 Å². The summed E-state index contributed by atoms with van der Waals surface area (Å²) in [6.45, 7) is 0. The predicted molar refractivity (Wildman–Crippen MR) is 63.6 cm³/mol. The molecule has 0 aromatic carbocycles. The summed E-state index contributed by atoms with van der Waals surface area (Å²) < 4.78 is 1.60. The summed E-state index contributed by atoms with van der Waals surface area (Å²) in [6, 6.07) is 0. The standard InChI is InChI=1S/C11H13N3O2S/c15-10(16)8-6-14-11(12-8)17-9(13-14)7-4-2-1-3-5-7/h6-7H,1-5H2,(H,15,16). The van der Waals surface area contributed by atoms with Crippen LogP contribution in [0.5, 0.6) is 0 Å². The van der Waals surface area contributed by atoms with Crippen molar-refractivity contribution in [1.29, 1.82) is 0 Å². The van der Waals surface area contributed by atoms with Gasteiger partial charge in [0.15, 0.2) is 5.69 Å². The van der Waals surface area contributed by atoms with Crippen molar-refractivity contribution in [2.75, 3.05) is 0 Å². The Balaban J connectivity index is 1.91. The second-order valence-corrected chi connectivity index (χ2v) is 5.42. The van der Waals surface area contributed by atoms with E-state index in [-0.39, 0.29) is 5.69 Å². The first-order valence-electron chi connectivity index (χ1n) is 5.83. The van der Waals surface area contributed by atoms with Gasteiger partial charge in [-0.3, -0.25) is 0 Å². The number of nitrogens with zero attached hydrogens (tertiary/aromatic N) is 3. The number of fused-ring (bicyclic) bond motifs is 1. The maximum atomic E-state index is 10.8. The van der Waals surface area contributed by atoms with Crippen molar-refractivity contribution < 1.29 is 9.90 Å². The molecule has 0 unspecified atom stereocenters. The van der Waals surface area contributed by atoms with Crippen LogP contribution in [0.2, 0.25) is 0 Å². The molecule has 1 N–H and O–H groups in total. The molecule has 0 bridgehead atoms. The first-order chi connectivity index (χ1) is 8.24. The molecule has 3 rings (SSSR count). The molecule has 17 heavy (non-hydrogen) atoms. The number of hydrogen-bond acceptors (Lipinski definition) is 4. The van der Waals surface area contributed by atoms with Gasteiger partial charge in [0.1, 0.15) is 5.01 Å². The number of imidazole rings is 1. The Bertz CT molecular complexity index is 523. The molecule has 1 aliphatic carbocycles. The molecule has 6 heteroatoms. The van der Waals surface area contributed by atoms with Crippen molar-refractivity contribution in [3.8, 4) is 0 Å². The summed E-state index contributed by atoms with van der Waals surface area (Å²) in [5.41, 5.74) is 0.0685. The summed E-state index contributed by atoms with van der Waals surface area (Å²) in [6.07, 6.45) is 7.74. The fourth-order valence-electron chi connectivity index (χ4n) is 2.33. The summed E-state index contributed by atoms with van der Waals surface area (Å²) in [7, 11) is 0. The molecule has 0 aliphatic heterocycles. The minimum atomic E-state index is -0.998. The highest BCUT2D eigenvalue weighted by Crippen LogP contribution is 2.34. The van der Waals surface area contributed by atoms with Crippen LogP contribution in [0.4, 0.5) is 0 Å². The van der Waals surface area contributed by atoms with Crippen LogP contribution in [0.3, 0.4) is 0 Å². The lowest BCUT2D eigenvalue weighted by atomic mass is 9.90. The van der Waals surface area contributed by atoms with Gasteiger partial charge in [-0.05, 0) is 12.8 Å². The molecule has 0 atom stereocenters. The summed E-state index contributed by atoms with van der Waals surface area (Å²) in [4.78, 5) is 15.5. The fourth-order valence-corrected chi connectivity index (χ4v) is 3.38. The molecule has 2 aromatic rings. The monoisotopic (exact) mass is 251 g/mol. The van der Waals surface area contributed by atoms with E-state index < -0.39 is 5.97 Å². The number of hydrogen-bond donors (Lipinski definition) is 1. The van der Waals surface area contributed by atoms with E-state index >= 15 is 0 Å². The maximum Gasteiger partial charge on any atom is 0.356 e. The zero-order valence-corrected chi connectivity index (χ0v) is 10.1. The average molecular weight is 251 g/mol. The Hall–Kier alpha value is -1.43. The number of carbonyl (C=O) groups is 1. The van der Waals surface area contributed by atoms with Gasteiger partial charge in [0, 0.05) is 5.92 Å². The third kappa shape index (κ3) is 1.93. The number of carboxylic acids is 1. The number of rotatable bonds is 2. The van der Waals surface area contributed by atoms with Crippen molar-refractivity contribution in [1.82, 2.24) is 14.6 Å². The molecular weight excluding hydrogens is 238 g/mol. The molecule has 0 radical (unpaired) electrons. The third-order valence-corrected chi connectivity index (χ3v) is 4.32.